The minimum Gasteiger partial charge on any atom is -0.378 e. The number of ether oxygens (including phenoxy) is 1. The first-order valence-corrected chi connectivity index (χ1v) is 10.9. The number of nitrogens with one attached hydrogen (secondary N) is 1. The fourth-order valence-corrected chi connectivity index (χ4v) is 3.70. The molecule has 180 valence electrons. The van der Waals surface area contributed by atoms with Crippen molar-refractivity contribution in [3.63, 3.8) is 0 Å². The van der Waals surface area contributed by atoms with Gasteiger partial charge < -0.3 is 9.64 Å². The number of benzene rings is 1. The number of aryl methyl sites for hydroxylation is 1. The molecule has 4 heterocycles. The van der Waals surface area contributed by atoms with Crippen LogP contribution in [0.2, 0.25) is 0 Å². The fourth-order valence-electron chi connectivity index (χ4n) is 3.70. The smallest absolute Gasteiger partial charge is 0.378 e. The van der Waals surface area contributed by atoms with Crippen molar-refractivity contribution < 1.29 is 17.9 Å². The van der Waals surface area contributed by atoms with Gasteiger partial charge >= 0.3 is 6.18 Å². The minimum atomic E-state index is -4.57. The molecule has 0 unspecified atom stereocenters. The van der Waals surface area contributed by atoms with E-state index in [0.29, 0.717) is 49.2 Å². The van der Waals surface area contributed by atoms with E-state index in [-0.39, 0.29) is 5.69 Å². The first-order valence-electron chi connectivity index (χ1n) is 10.9. The van der Waals surface area contributed by atoms with Crippen LogP contribution in [0, 0.1) is 6.92 Å². The highest BCUT2D eigenvalue weighted by Gasteiger charge is 2.32. The van der Waals surface area contributed by atoms with Gasteiger partial charge in [-0.1, -0.05) is 29.8 Å². The summed E-state index contributed by atoms with van der Waals surface area (Å²) < 4.78 is 46.6. The molecule has 0 amide bonds. The second kappa shape index (κ2) is 9.29. The molecule has 0 aliphatic carbocycles. The van der Waals surface area contributed by atoms with Crippen molar-refractivity contribution in [2.75, 3.05) is 36.6 Å². The summed E-state index contributed by atoms with van der Waals surface area (Å²) in [7, 11) is 0. The van der Waals surface area contributed by atoms with Crippen molar-refractivity contribution in [3.8, 4) is 5.69 Å². The van der Waals surface area contributed by atoms with Crippen molar-refractivity contribution in [1.82, 2.24) is 24.5 Å². The zero-order valence-electron chi connectivity index (χ0n) is 18.7. The Morgan fingerprint density at radius 3 is 2.69 bits per heavy atom. The Kier molecular flexibility index (Phi) is 6.03. The van der Waals surface area contributed by atoms with E-state index >= 15 is 0 Å². The Morgan fingerprint density at radius 1 is 1.09 bits per heavy atom. The summed E-state index contributed by atoms with van der Waals surface area (Å²) in [5.41, 5.74) is 4.87. The summed E-state index contributed by atoms with van der Waals surface area (Å²) in [6.07, 6.45) is -0.394. The number of rotatable bonds is 5. The third kappa shape index (κ3) is 4.92. The standard InChI is InChI=1S/C23H21F3N8O/c1-15-3-2-4-16(11-15)13-29-32-20-19-21(31-22(30-20)33-7-9-35-10-8-33)34(14-28-19)17-5-6-27-18(12-17)23(24,25)26/h2-6,11-14H,7-10H2,1H3,(H,30,31,32)/b29-13+. The molecule has 1 fully saturated rings. The molecule has 0 atom stereocenters. The average Bonchev–Trinajstić information content (AvgIpc) is 3.28. The van der Waals surface area contributed by atoms with Gasteiger partial charge in [-0.25, -0.2) is 4.98 Å². The van der Waals surface area contributed by atoms with Crippen LogP contribution < -0.4 is 10.3 Å². The van der Waals surface area contributed by atoms with Crippen LogP contribution in [-0.4, -0.2) is 57.0 Å². The molecule has 0 radical (unpaired) electrons. The van der Waals surface area contributed by atoms with Gasteiger partial charge in [0.2, 0.25) is 5.95 Å². The van der Waals surface area contributed by atoms with E-state index in [1.807, 2.05) is 36.1 Å². The number of hydrogen-bond acceptors (Lipinski definition) is 8. The lowest BCUT2D eigenvalue weighted by Gasteiger charge is -2.27. The number of alkyl halides is 3. The van der Waals surface area contributed by atoms with E-state index in [1.54, 1.807) is 6.21 Å². The molecule has 1 aliphatic rings. The van der Waals surface area contributed by atoms with Crippen molar-refractivity contribution in [2.24, 2.45) is 5.10 Å². The van der Waals surface area contributed by atoms with Crippen LogP contribution in [0.1, 0.15) is 16.8 Å². The van der Waals surface area contributed by atoms with Crippen LogP contribution in [-0.2, 0) is 10.9 Å². The highest BCUT2D eigenvalue weighted by molar-refractivity contribution is 5.87. The lowest BCUT2D eigenvalue weighted by atomic mass is 10.2. The van der Waals surface area contributed by atoms with Crippen molar-refractivity contribution in [3.05, 3.63) is 65.7 Å². The first-order chi connectivity index (χ1) is 16.9. The Bertz CT molecular complexity index is 1380. The number of morpholine rings is 1. The number of fused-ring (bicyclic) bond motifs is 1. The Morgan fingerprint density at radius 2 is 1.91 bits per heavy atom. The lowest BCUT2D eigenvalue weighted by molar-refractivity contribution is -0.141. The van der Waals surface area contributed by atoms with Gasteiger partial charge in [0, 0.05) is 19.3 Å². The van der Waals surface area contributed by atoms with E-state index in [2.05, 4.69) is 30.5 Å². The van der Waals surface area contributed by atoms with Gasteiger partial charge in [0.05, 0.1) is 25.1 Å². The van der Waals surface area contributed by atoms with E-state index < -0.39 is 11.9 Å². The van der Waals surface area contributed by atoms with Gasteiger partial charge in [0.15, 0.2) is 17.0 Å². The molecule has 1 aliphatic heterocycles. The molecule has 3 aromatic heterocycles. The highest BCUT2D eigenvalue weighted by atomic mass is 19.4. The van der Waals surface area contributed by atoms with Gasteiger partial charge in [0.1, 0.15) is 12.0 Å². The molecule has 0 bridgehead atoms. The number of anilines is 2. The van der Waals surface area contributed by atoms with E-state index in [4.69, 9.17) is 4.74 Å². The zero-order valence-corrected chi connectivity index (χ0v) is 18.7. The zero-order chi connectivity index (χ0) is 24.4. The highest BCUT2D eigenvalue weighted by Crippen LogP contribution is 2.30. The minimum absolute atomic E-state index is 0.232. The predicted octanol–water partition coefficient (Wildman–Crippen LogP) is 3.82. The molecule has 5 rings (SSSR count). The predicted molar refractivity (Wildman–Crippen MR) is 125 cm³/mol. The van der Waals surface area contributed by atoms with Crippen LogP contribution in [0.25, 0.3) is 16.9 Å². The van der Waals surface area contributed by atoms with Crippen LogP contribution in [0.5, 0.6) is 0 Å². The lowest BCUT2D eigenvalue weighted by Crippen LogP contribution is -2.37. The third-order valence-corrected chi connectivity index (χ3v) is 5.42. The molecule has 9 nitrogen and oxygen atoms in total. The van der Waals surface area contributed by atoms with E-state index in [0.717, 1.165) is 23.4 Å². The summed E-state index contributed by atoms with van der Waals surface area (Å²) in [5.74, 6) is 0.741. The van der Waals surface area contributed by atoms with Crippen molar-refractivity contribution >= 4 is 29.1 Å². The number of aromatic nitrogens is 5. The number of hydrazone groups is 1. The average molecular weight is 482 g/mol. The van der Waals surface area contributed by atoms with Crippen LogP contribution in [0.3, 0.4) is 0 Å². The molecule has 4 aromatic rings. The molecule has 1 N–H and O–H groups in total. The maximum atomic E-state index is 13.2. The maximum Gasteiger partial charge on any atom is 0.433 e. The monoisotopic (exact) mass is 482 g/mol. The Balaban J connectivity index is 1.57. The summed E-state index contributed by atoms with van der Waals surface area (Å²) in [4.78, 5) is 19.0. The molecular formula is C23H21F3N8O. The van der Waals surface area contributed by atoms with Gasteiger partial charge in [-0.3, -0.25) is 15.0 Å². The third-order valence-electron chi connectivity index (χ3n) is 5.42. The van der Waals surface area contributed by atoms with Gasteiger partial charge in [-0.2, -0.15) is 28.2 Å². The molecule has 0 saturated carbocycles. The summed E-state index contributed by atoms with van der Waals surface area (Å²) in [6, 6.07) is 10.3. The second-order valence-corrected chi connectivity index (χ2v) is 7.94. The molecular weight excluding hydrogens is 461 g/mol. The summed E-state index contributed by atoms with van der Waals surface area (Å²) in [6.45, 7) is 4.20. The normalized spacial score (nSPS) is 14.7. The Hall–Kier alpha value is -4.06. The fraction of sp³-hybridized carbons (Fsp3) is 0.261. The number of halogens is 3. The molecule has 12 heteroatoms. The topological polar surface area (TPSA) is 93.4 Å². The number of imidazole rings is 1. The van der Waals surface area contributed by atoms with Crippen LogP contribution in [0.15, 0.2) is 54.0 Å². The molecule has 1 aromatic carbocycles. The van der Waals surface area contributed by atoms with E-state index in [9.17, 15) is 13.2 Å². The first kappa shape index (κ1) is 22.7. The SMILES string of the molecule is Cc1cccc(/C=N/Nc2nc(N3CCOCC3)nc3c2ncn3-c2ccnc(C(F)(F)F)c2)c1. The van der Waals surface area contributed by atoms with Crippen LogP contribution >= 0.6 is 0 Å². The van der Waals surface area contributed by atoms with Gasteiger partial charge in [0.25, 0.3) is 0 Å². The molecule has 0 spiro atoms. The summed E-state index contributed by atoms with van der Waals surface area (Å²) in [5, 5.41) is 4.30. The number of hydrogen-bond donors (Lipinski definition) is 1. The van der Waals surface area contributed by atoms with Crippen molar-refractivity contribution in [2.45, 2.75) is 13.1 Å². The van der Waals surface area contributed by atoms with Crippen molar-refractivity contribution in [1.29, 1.82) is 0 Å². The summed E-state index contributed by atoms with van der Waals surface area (Å²) >= 11 is 0. The second-order valence-electron chi connectivity index (χ2n) is 7.94. The van der Waals surface area contributed by atoms with Crippen LogP contribution in [0.4, 0.5) is 24.9 Å². The largest absolute Gasteiger partial charge is 0.433 e. The number of pyridine rings is 1. The molecule has 1 saturated heterocycles. The van der Waals surface area contributed by atoms with Gasteiger partial charge in [-0.05, 0) is 24.6 Å². The number of nitrogens with zero attached hydrogens (tertiary/aromatic N) is 7. The molecule has 35 heavy (non-hydrogen) atoms. The maximum absolute atomic E-state index is 13.2. The Labute approximate surface area is 198 Å². The van der Waals surface area contributed by atoms with Gasteiger partial charge in [-0.15, -0.1) is 0 Å². The quantitative estimate of drug-likeness (QED) is 0.341. The van der Waals surface area contributed by atoms with E-state index in [1.165, 1.54) is 17.0 Å².